The molecular formula is C11H17NO6. The number of nitriles is 1. The third-order valence-electron chi connectivity index (χ3n) is 2.79. The van der Waals surface area contributed by atoms with Gasteiger partial charge in [-0.15, -0.1) is 0 Å². The fourth-order valence-corrected chi connectivity index (χ4v) is 1.87. The molecule has 2 aliphatic rings. The Kier molecular flexibility index (Phi) is 4.17. The molecule has 2 aliphatic heterocycles. The van der Waals surface area contributed by atoms with Gasteiger partial charge in [0.05, 0.1) is 0 Å². The number of hydrogen-bond donors (Lipinski definition) is 0. The minimum Gasteiger partial charge on any atom is -0.320 e. The summed E-state index contributed by atoms with van der Waals surface area (Å²) in [4.78, 5) is 19.4. The number of ether oxygens (including phenoxy) is 2. The topological polar surface area (TPSA) is 79.2 Å². The Morgan fingerprint density at radius 1 is 1.28 bits per heavy atom. The van der Waals surface area contributed by atoms with Crippen LogP contribution in [0.3, 0.4) is 0 Å². The van der Waals surface area contributed by atoms with Crippen molar-refractivity contribution in [2.24, 2.45) is 0 Å². The molecule has 0 aromatic carbocycles. The van der Waals surface area contributed by atoms with Gasteiger partial charge in [-0.1, -0.05) is 0 Å². The molecule has 3 atom stereocenters. The molecule has 0 N–H and O–H groups in total. The molecule has 18 heavy (non-hydrogen) atoms. The lowest BCUT2D eigenvalue weighted by molar-refractivity contribution is -0.336. The van der Waals surface area contributed by atoms with E-state index in [-0.39, 0.29) is 13.1 Å². The van der Waals surface area contributed by atoms with E-state index in [0.29, 0.717) is 6.42 Å². The average Bonchev–Trinajstić information content (AvgIpc) is 2.95. The molecule has 0 amide bonds. The fraction of sp³-hybridized carbons (Fsp3) is 0.909. The number of rotatable bonds is 5. The standard InChI is InChI=1S/C11H17NO6/c1-10(16-11(2,7-12)18-17-10)6-4-3-5-9-13-8-14-15-9/h9H,3-6,8H2,1-2H3/t9?,10-,11-/m0/s1. The van der Waals surface area contributed by atoms with E-state index in [1.807, 2.05) is 6.07 Å². The van der Waals surface area contributed by atoms with Gasteiger partial charge in [-0.3, -0.25) is 0 Å². The zero-order chi connectivity index (χ0) is 13.1. The van der Waals surface area contributed by atoms with Crippen molar-refractivity contribution in [3.05, 3.63) is 0 Å². The van der Waals surface area contributed by atoms with Crippen LogP contribution in [-0.2, 0) is 29.0 Å². The van der Waals surface area contributed by atoms with Crippen LogP contribution in [0.5, 0.6) is 0 Å². The molecule has 2 saturated heterocycles. The third-order valence-corrected chi connectivity index (χ3v) is 2.79. The lowest BCUT2D eigenvalue weighted by atomic mass is 10.1. The third kappa shape index (κ3) is 3.38. The van der Waals surface area contributed by atoms with Gasteiger partial charge in [-0.25, -0.2) is 9.78 Å². The van der Waals surface area contributed by atoms with E-state index in [1.165, 1.54) is 6.92 Å². The van der Waals surface area contributed by atoms with Gasteiger partial charge < -0.3 is 9.47 Å². The second-order valence-corrected chi connectivity index (χ2v) is 4.63. The second-order valence-electron chi connectivity index (χ2n) is 4.63. The van der Waals surface area contributed by atoms with Crippen LogP contribution in [0.25, 0.3) is 0 Å². The number of nitrogens with zero attached hydrogens (tertiary/aromatic N) is 1. The molecule has 0 saturated carbocycles. The second kappa shape index (κ2) is 5.48. The predicted molar refractivity (Wildman–Crippen MR) is 56.1 cm³/mol. The normalized spacial score (nSPS) is 39.9. The van der Waals surface area contributed by atoms with Crippen LogP contribution in [-0.4, -0.2) is 24.7 Å². The Morgan fingerprint density at radius 3 is 2.72 bits per heavy atom. The van der Waals surface area contributed by atoms with Gasteiger partial charge in [0.25, 0.3) is 5.79 Å². The summed E-state index contributed by atoms with van der Waals surface area (Å²) in [5, 5.41) is 8.85. The van der Waals surface area contributed by atoms with Crippen LogP contribution >= 0.6 is 0 Å². The summed E-state index contributed by atoms with van der Waals surface area (Å²) in [5.74, 6) is -2.20. The monoisotopic (exact) mass is 259 g/mol. The van der Waals surface area contributed by atoms with Gasteiger partial charge in [0.2, 0.25) is 5.79 Å². The summed E-state index contributed by atoms with van der Waals surface area (Å²) in [6, 6.07) is 1.90. The van der Waals surface area contributed by atoms with E-state index < -0.39 is 11.6 Å². The van der Waals surface area contributed by atoms with Crippen molar-refractivity contribution in [2.45, 2.75) is 57.4 Å². The highest BCUT2D eigenvalue weighted by Crippen LogP contribution is 2.35. The van der Waals surface area contributed by atoms with Gasteiger partial charge >= 0.3 is 0 Å². The van der Waals surface area contributed by atoms with Crippen LogP contribution < -0.4 is 0 Å². The minimum atomic E-state index is -1.32. The van der Waals surface area contributed by atoms with E-state index >= 15 is 0 Å². The first kappa shape index (κ1) is 13.7. The Hall–Kier alpha value is -0.750. The van der Waals surface area contributed by atoms with Crippen LogP contribution in [0.1, 0.15) is 39.5 Å². The maximum atomic E-state index is 8.85. The quantitative estimate of drug-likeness (QED) is 0.549. The van der Waals surface area contributed by atoms with Crippen molar-refractivity contribution < 1.29 is 29.0 Å². The van der Waals surface area contributed by atoms with Crippen molar-refractivity contribution in [3.63, 3.8) is 0 Å². The van der Waals surface area contributed by atoms with Gasteiger partial charge in [-0.05, 0) is 19.8 Å². The van der Waals surface area contributed by atoms with Crippen molar-refractivity contribution in [1.82, 2.24) is 0 Å². The van der Waals surface area contributed by atoms with E-state index in [0.717, 1.165) is 19.3 Å². The summed E-state index contributed by atoms with van der Waals surface area (Å²) in [7, 11) is 0. The molecule has 0 aromatic heterocycles. The maximum absolute atomic E-state index is 8.85. The predicted octanol–water partition coefficient (Wildman–Crippen LogP) is 1.74. The van der Waals surface area contributed by atoms with E-state index in [2.05, 4.69) is 4.89 Å². The van der Waals surface area contributed by atoms with E-state index in [1.54, 1.807) is 6.92 Å². The maximum Gasteiger partial charge on any atom is 0.289 e. The van der Waals surface area contributed by atoms with Crippen LogP contribution in [0.15, 0.2) is 0 Å². The SMILES string of the molecule is C[C@@]1(C#N)OO[C@@](C)(CCCCC2OCOO2)O1. The van der Waals surface area contributed by atoms with Crippen molar-refractivity contribution in [3.8, 4) is 6.07 Å². The molecule has 7 nitrogen and oxygen atoms in total. The lowest BCUT2D eigenvalue weighted by Gasteiger charge is -2.20. The molecule has 2 heterocycles. The molecule has 0 aromatic rings. The Labute approximate surface area is 105 Å². The molecular weight excluding hydrogens is 242 g/mol. The highest BCUT2D eigenvalue weighted by molar-refractivity contribution is 4.93. The van der Waals surface area contributed by atoms with Crippen molar-refractivity contribution in [2.75, 3.05) is 6.79 Å². The first-order valence-corrected chi connectivity index (χ1v) is 5.93. The summed E-state index contributed by atoms with van der Waals surface area (Å²) >= 11 is 0. The molecule has 1 unspecified atom stereocenters. The van der Waals surface area contributed by atoms with Gasteiger partial charge in [0.1, 0.15) is 6.07 Å². The smallest absolute Gasteiger partial charge is 0.289 e. The fourth-order valence-electron chi connectivity index (χ4n) is 1.87. The van der Waals surface area contributed by atoms with E-state index in [4.69, 9.17) is 29.4 Å². The molecule has 0 radical (unpaired) electrons. The van der Waals surface area contributed by atoms with Crippen molar-refractivity contribution >= 4 is 0 Å². The molecule has 7 heteroatoms. The number of hydrogen-bond acceptors (Lipinski definition) is 7. The number of unbranched alkanes of at least 4 members (excludes halogenated alkanes) is 1. The van der Waals surface area contributed by atoms with Crippen LogP contribution in [0.2, 0.25) is 0 Å². The molecule has 2 rings (SSSR count). The van der Waals surface area contributed by atoms with Crippen LogP contribution in [0, 0.1) is 11.3 Å². The molecule has 0 aliphatic carbocycles. The first-order chi connectivity index (χ1) is 8.55. The highest BCUT2D eigenvalue weighted by atomic mass is 17.3. The Morgan fingerprint density at radius 2 is 2.11 bits per heavy atom. The minimum absolute atomic E-state index is 0.184. The van der Waals surface area contributed by atoms with E-state index in [9.17, 15) is 0 Å². The average molecular weight is 259 g/mol. The van der Waals surface area contributed by atoms with Gasteiger partial charge in [0, 0.05) is 19.8 Å². The van der Waals surface area contributed by atoms with Gasteiger partial charge in [-0.2, -0.15) is 15.0 Å². The zero-order valence-corrected chi connectivity index (χ0v) is 10.5. The Bertz CT molecular complexity index is 326. The summed E-state index contributed by atoms with van der Waals surface area (Å²) in [6.07, 6.45) is 2.79. The molecule has 0 spiro atoms. The molecule has 2 fully saturated rings. The van der Waals surface area contributed by atoms with Crippen LogP contribution in [0.4, 0.5) is 0 Å². The largest absolute Gasteiger partial charge is 0.320 e. The highest BCUT2D eigenvalue weighted by Gasteiger charge is 2.47. The first-order valence-electron chi connectivity index (χ1n) is 5.93. The zero-order valence-electron chi connectivity index (χ0n) is 10.5. The molecule has 0 bridgehead atoms. The summed E-state index contributed by atoms with van der Waals surface area (Å²) < 4.78 is 10.6. The summed E-state index contributed by atoms with van der Waals surface area (Å²) in [6.45, 7) is 3.46. The summed E-state index contributed by atoms with van der Waals surface area (Å²) in [5.41, 5.74) is 0. The van der Waals surface area contributed by atoms with Gasteiger partial charge in [0.15, 0.2) is 13.1 Å². The lowest BCUT2D eigenvalue weighted by Crippen LogP contribution is -2.31. The Balaban J connectivity index is 1.66. The molecule has 102 valence electrons. The van der Waals surface area contributed by atoms with Crippen molar-refractivity contribution in [1.29, 1.82) is 5.26 Å².